The summed E-state index contributed by atoms with van der Waals surface area (Å²) in [4.78, 5) is 23.9. The molecule has 1 aliphatic carbocycles. The molecule has 1 aliphatic rings. The Morgan fingerprint density at radius 3 is 2.71 bits per heavy atom. The lowest BCUT2D eigenvalue weighted by Crippen LogP contribution is -2.45. The van der Waals surface area contributed by atoms with E-state index in [1.807, 2.05) is 0 Å². The number of hydrogen-bond donors (Lipinski definition) is 1. The molecular weight excluding hydrogens is 349 g/mol. The van der Waals surface area contributed by atoms with Crippen LogP contribution in [0.5, 0.6) is 0 Å². The van der Waals surface area contributed by atoms with Crippen LogP contribution in [0.25, 0.3) is 0 Å². The van der Waals surface area contributed by atoms with Crippen LogP contribution in [0, 0.1) is 11.8 Å². The first-order valence-electron chi connectivity index (χ1n) is 8.25. The van der Waals surface area contributed by atoms with Gasteiger partial charge in [-0.15, -0.1) is 0 Å². The fourth-order valence-corrected chi connectivity index (χ4v) is 3.53. The lowest BCUT2D eigenvalue weighted by Gasteiger charge is -2.34. The van der Waals surface area contributed by atoms with Crippen LogP contribution >= 0.6 is 23.2 Å². The van der Waals surface area contributed by atoms with Crippen molar-refractivity contribution in [2.75, 3.05) is 6.61 Å². The van der Waals surface area contributed by atoms with Crippen LogP contribution < -0.4 is 5.32 Å². The SMILES string of the molecule is C[C@@H]1[C@H](C)CCC[C@H]1NC(=O)COC(=O)Cc1ccc(Cl)cc1Cl. The van der Waals surface area contributed by atoms with Crippen LogP contribution in [-0.4, -0.2) is 24.5 Å². The summed E-state index contributed by atoms with van der Waals surface area (Å²) < 4.78 is 5.05. The second-order valence-electron chi connectivity index (χ2n) is 6.51. The summed E-state index contributed by atoms with van der Waals surface area (Å²) in [5, 5.41) is 3.90. The number of nitrogens with one attached hydrogen (secondary N) is 1. The van der Waals surface area contributed by atoms with Crippen LogP contribution in [0.4, 0.5) is 0 Å². The second kappa shape index (κ2) is 8.72. The molecule has 0 saturated heterocycles. The van der Waals surface area contributed by atoms with Gasteiger partial charge in [0.25, 0.3) is 5.91 Å². The van der Waals surface area contributed by atoms with Gasteiger partial charge in [-0.2, -0.15) is 0 Å². The van der Waals surface area contributed by atoms with Gasteiger partial charge in [0.15, 0.2) is 6.61 Å². The molecule has 1 aromatic rings. The van der Waals surface area contributed by atoms with Crippen LogP contribution in [0.2, 0.25) is 10.0 Å². The van der Waals surface area contributed by atoms with Crippen LogP contribution in [0.1, 0.15) is 38.7 Å². The summed E-state index contributed by atoms with van der Waals surface area (Å²) in [6.07, 6.45) is 3.31. The number of halogens is 2. The van der Waals surface area contributed by atoms with E-state index < -0.39 is 5.97 Å². The van der Waals surface area contributed by atoms with Crippen molar-refractivity contribution in [1.82, 2.24) is 5.32 Å². The smallest absolute Gasteiger partial charge is 0.310 e. The summed E-state index contributed by atoms with van der Waals surface area (Å²) in [6.45, 7) is 4.10. The van der Waals surface area contributed by atoms with Gasteiger partial charge in [-0.3, -0.25) is 9.59 Å². The lowest BCUT2D eigenvalue weighted by molar-refractivity contribution is -0.148. The highest BCUT2D eigenvalue weighted by molar-refractivity contribution is 6.35. The van der Waals surface area contributed by atoms with Crippen molar-refractivity contribution in [3.8, 4) is 0 Å². The van der Waals surface area contributed by atoms with E-state index in [0.717, 1.165) is 12.8 Å². The van der Waals surface area contributed by atoms with E-state index in [1.165, 1.54) is 6.42 Å². The first-order chi connectivity index (χ1) is 11.4. The van der Waals surface area contributed by atoms with Crippen molar-refractivity contribution in [2.45, 2.75) is 45.6 Å². The summed E-state index contributed by atoms with van der Waals surface area (Å²) in [6, 6.07) is 5.07. The van der Waals surface area contributed by atoms with E-state index in [2.05, 4.69) is 19.2 Å². The maximum Gasteiger partial charge on any atom is 0.310 e. The zero-order chi connectivity index (χ0) is 17.7. The minimum absolute atomic E-state index is 0.0140. The average Bonchev–Trinajstić information content (AvgIpc) is 2.53. The highest BCUT2D eigenvalue weighted by Crippen LogP contribution is 2.29. The van der Waals surface area contributed by atoms with E-state index >= 15 is 0 Å². The Hall–Kier alpha value is -1.26. The predicted molar refractivity (Wildman–Crippen MR) is 95.2 cm³/mol. The van der Waals surface area contributed by atoms with Gasteiger partial charge < -0.3 is 10.1 Å². The quantitative estimate of drug-likeness (QED) is 0.795. The van der Waals surface area contributed by atoms with Gasteiger partial charge in [0.1, 0.15) is 0 Å². The molecule has 24 heavy (non-hydrogen) atoms. The largest absolute Gasteiger partial charge is 0.455 e. The monoisotopic (exact) mass is 371 g/mol. The molecule has 0 spiro atoms. The average molecular weight is 372 g/mol. The third-order valence-corrected chi connectivity index (χ3v) is 5.35. The first-order valence-corrected chi connectivity index (χ1v) is 9.01. The molecule has 0 unspecified atom stereocenters. The molecule has 0 radical (unpaired) electrons. The minimum atomic E-state index is -0.487. The molecule has 0 aromatic heterocycles. The minimum Gasteiger partial charge on any atom is -0.455 e. The standard InChI is InChI=1S/C18H23Cl2NO3/c1-11-4-3-5-16(12(11)2)21-17(22)10-24-18(23)8-13-6-7-14(19)9-15(13)20/h6-7,9,11-12,16H,3-5,8,10H2,1-2H3,(H,21,22)/t11-,12-,16-/m1/s1. The van der Waals surface area contributed by atoms with E-state index in [4.69, 9.17) is 27.9 Å². The Balaban J connectivity index is 1.77. The Bertz CT molecular complexity index is 606. The number of rotatable bonds is 5. The number of carbonyl (C=O) groups excluding carboxylic acids is 2. The number of ether oxygens (including phenoxy) is 1. The number of hydrogen-bond acceptors (Lipinski definition) is 3. The molecule has 6 heteroatoms. The molecule has 0 heterocycles. The third kappa shape index (κ3) is 5.38. The molecule has 2 rings (SSSR count). The second-order valence-corrected chi connectivity index (χ2v) is 7.36. The maximum absolute atomic E-state index is 12.0. The molecule has 1 N–H and O–H groups in total. The molecular formula is C18H23Cl2NO3. The van der Waals surface area contributed by atoms with Gasteiger partial charge in [0, 0.05) is 16.1 Å². The Labute approximate surface area is 152 Å². The molecule has 0 aliphatic heterocycles. The highest BCUT2D eigenvalue weighted by Gasteiger charge is 2.28. The molecule has 1 saturated carbocycles. The summed E-state index contributed by atoms with van der Waals surface area (Å²) >= 11 is 11.8. The lowest BCUT2D eigenvalue weighted by atomic mass is 9.78. The topological polar surface area (TPSA) is 55.4 Å². The van der Waals surface area contributed by atoms with E-state index in [0.29, 0.717) is 27.4 Å². The van der Waals surface area contributed by atoms with Gasteiger partial charge >= 0.3 is 5.97 Å². The van der Waals surface area contributed by atoms with Crippen molar-refractivity contribution in [2.24, 2.45) is 11.8 Å². The Morgan fingerprint density at radius 2 is 2.00 bits per heavy atom. The molecule has 132 valence electrons. The van der Waals surface area contributed by atoms with Crippen LogP contribution in [0.15, 0.2) is 18.2 Å². The summed E-state index contributed by atoms with van der Waals surface area (Å²) in [7, 11) is 0. The zero-order valence-electron chi connectivity index (χ0n) is 14.0. The normalized spacial score (nSPS) is 23.6. The molecule has 3 atom stereocenters. The molecule has 4 nitrogen and oxygen atoms in total. The van der Waals surface area contributed by atoms with Gasteiger partial charge in [0.05, 0.1) is 6.42 Å². The van der Waals surface area contributed by atoms with Crippen molar-refractivity contribution in [3.05, 3.63) is 33.8 Å². The first kappa shape index (κ1) is 19.1. The fourth-order valence-electron chi connectivity index (χ4n) is 3.05. The maximum atomic E-state index is 12.0. The van der Waals surface area contributed by atoms with E-state index in [-0.39, 0.29) is 25.0 Å². The number of amides is 1. The number of carbonyl (C=O) groups is 2. The molecule has 1 amide bonds. The van der Waals surface area contributed by atoms with Crippen molar-refractivity contribution >= 4 is 35.1 Å². The van der Waals surface area contributed by atoms with Crippen LogP contribution in [-0.2, 0) is 20.7 Å². The summed E-state index contributed by atoms with van der Waals surface area (Å²) in [5.41, 5.74) is 0.626. The van der Waals surface area contributed by atoms with Crippen molar-refractivity contribution < 1.29 is 14.3 Å². The van der Waals surface area contributed by atoms with Gasteiger partial charge in [0.2, 0.25) is 0 Å². The zero-order valence-corrected chi connectivity index (χ0v) is 15.5. The van der Waals surface area contributed by atoms with Crippen molar-refractivity contribution in [1.29, 1.82) is 0 Å². The van der Waals surface area contributed by atoms with Crippen LogP contribution in [0.3, 0.4) is 0 Å². The Kier molecular flexibility index (Phi) is 6.93. The summed E-state index contributed by atoms with van der Waals surface area (Å²) in [5.74, 6) is 0.292. The molecule has 1 fully saturated rings. The number of esters is 1. The van der Waals surface area contributed by atoms with Gasteiger partial charge in [-0.1, -0.05) is 56.0 Å². The fraction of sp³-hybridized carbons (Fsp3) is 0.556. The number of benzene rings is 1. The van der Waals surface area contributed by atoms with E-state index in [9.17, 15) is 9.59 Å². The van der Waals surface area contributed by atoms with Crippen molar-refractivity contribution in [3.63, 3.8) is 0 Å². The predicted octanol–water partition coefficient (Wildman–Crippen LogP) is 4.02. The van der Waals surface area contributed by atoms with E-state index in [1.54, 1.807) is 18.2 Å². The molecule has 1 aromatic carbocycles. The van der Waals surface area contributed by atoms with Gasteiger partial charge in [-0.05, 0) is 36.0 Å². The Morgan fingerprint density at radius 1 is 1.25 bits per heavy atom. The third-order valence-electron chi connectivity index (χ3n) is 4.77. The highest BCUT2D eigenvalue weighted by atomic mass is 35.5. The van der Waals surface area contributed by atoms with Gasteiger partial charge in [-0.25, -0.2) is 0 Å². The molecule has 0 bridgehead atoms.